The molecule has 3 rings (SSSR count). The van der Waals surface area contributed by atoms with Crippen LogP contribution in [0.1, 0.15) is 32.0 Å². The zero-order valence-corrected chi connectivity index (χ0v) is 13.6. The Kier molecular flexibility index (Phi) is 4.90. The number of carbonyl (C=O) groups is 2. The quantitative estimate of drug-likeness (QED) is 0.837. The van der Waals surface area contributed by atoms with E-state index in [0.29, 0.717) is 19.6 Å². The SMILES string of the molecule is CC(=O)N1CCCCC1C(=O)N1CCN(Cc2ncn[nH]2)CC1. The number of hydrogen-bond acceptors (Lipinski definition) is 5. The maximum absolute atomic E-state index is 12.8. The lowest BCUT2D eigenvalue weighted by atomic mass is 10.0. The second-order valence-corrected chi connectivity index (χ2v) is 6.26. The Balaban J connectivity index is 1.54. The zero-order chi connectivity index (χ0) is 16.2. The number of rotatable bonds is 3. The lowest BCUT2D eigenvalue weighted by Crippen LogP contribution is -2.56. The molecule has 2 aliphatic rings. The molecule has 23 heavy (non-hydrogen) atoms. The van der Waals surface area contributed by atoms with Crippen molar-refractivity contribution >= 4 is 11.8 Å². The van der Waals surface area contributed by atoms with Crippen molar-refractivity contribution in [3.8, 4) is 0 Å². The predicted octanol–water partition coefficient (Wildman–Crippen LogP) is -0.150. The molecule has 0 spiro atoms. The summed E-state index contributed by atoms with van der Waals surface area (Å²) in [5.74, 6) is 0.964. The van der Waals surface area contributed by atoms with Gasteiger partial charge >= 0.3 is 0 Å². The Labute approximate surface area is 135 Å². The van der Waals surface area contributed by atoms with Crippen LogP contribution in [0.5, 0.6) is 0 Å². The molecule has 2 amide bonds. The molecule has 0 bridgehead atoms. The monoisotopic (exact) mass is 320 g/mol. The van der Waals surface area contributed by atoms with Crippen molar-refractivity contribution in [1.82, 2.24) is 29.9 Å². The van der Waals surface area contributed by atoms with Crippen LogP contribution in [0, 0.1) is 0 Å². The summed E-state index contributed by atoms with van der Waals surface area (Å²) in [7, 11) is 0. The summed E-state index contributed by atoms with van der Waals surface area (Å²) in [4.78, 5) is 34.6. The number of hydrogen-bond donors (Lipinski definition) is 1. The van der Waals surface area contributed by atoms with Crippen LogP contribution >= 0.6 is 0 Å². The van der Waals surface area contributed by atoms with E-state index in [1.54, 1.807) is 11.8 Å². The lowest BCUT2D eigenvalue weighted by molar-refractivity contribution is -0.147. The first-order valence-electron chi connectivity index (χ1n) is 8.28. The summed E-state index contributed by atoms with van der Waals surface area (Å²) in [6.45, 7) is 6.03. The third-order valence-corrected chi connectivity index (χ3v) is 4.71. The van der Waals surface area contributed by atoms with E-state index in [1.165, 1.54) is 6.33 Å². The van der Waals surface area contributed by atoms with Crippen molar-refractivity contribution in [2.24, 2.45) is 0 Å². The van der Waals surface area contributed by atoms with Crippen LogP contribution < -0.4 is 0 Å². The first-order valence-corrected chi connectivity index (χ1v) is 8.28. The molecular weight excluding hydrogens is 296 g/mol. The molecule has 3 heterocycles. The third-order valence-electron chi connectivity index (χ3n) is 4.71. The summed E-state index contributed by atoms with van der Waals surface area (Å²) in [6.07, 6.45) is 4.31. The number of carbonyl (C=O) groups excluding carboxylic acids is 2. The first-order chi connectivity index (χ1) is 11.1. The van der Waals surface area contributed by atoms with Crippen LogP contribution in [0.3, 0.4) is 0 Å². The second kappa shape index (κ2) is 7.08. The number of nitrogens with one attached hydrogen (secondary N) is 1. The summed E-state index contributed by atoms with van der Waals surface area (Å²) < 4.78 is 0. The van der Waals surface area contributed by atoms with Gasteiger partial charge in [0.05, 0.1) is 6.54 Å². The van der Waals surface area contributed by atoms with Gasteiger partial charge in [0.25, 0.3) is 0 Å². The molecule has 1 aromatic rings. The summed E-state index contributed by atoms with van der Waals surface area (Å²) in [5, 5.41) is 6.71. The highest BCUT2D eigenvalue weighted by Gasteiger charge is 2.34. The molecule has 2 aliphatic heterocycles. The van der Waals surface area contributed by atoms with E-state index in [2.05, 4.69) is 20.1 Å². The van der Waals surface area contributed by atoms with Crippen molar-refractivity contribution in [1.29, 1.82) is 0 Å². The molecule has 0 saturated carbocycles. The third kappa shape index (κ3) is 3.69. The number of piperazine rings is 1. The van der Waals surface area contributed by atoms with Crippen LogP contribution in [0.25, 0.3) is 0 Å². The van der Waals surface area contributed by atoms with Crippen molar-refractivity contribution in [3.63, 3.8) is 0 Å². The Bertz CT molecular complexity index is 538. The molecule has 126 valence electrons. The molecule has 0 aromatic carbocycles. The fraction of sp³-hybridized carbons (Fsp3) is 0.733. The standard InChI is InChI=1S/C15H24N6O2/c1-12(22)21-5-3-2-4-13(21)15(23)20-8-6-19(7-9-20)10-14-16-11-17-18-14/h11,13H,2-10H2,1H3,(H,16,17,18). The average Bonchev–Trinajstić information content (AvgIpc) is 3.08. The lowest BCUT2D eigenvalue weighted by Gasteiger charge is -2.40. The van der Waals surface area contributed by atoms with Crippen LogP contribution in [0.2, 0.25) is 0 Å². The van der Waals surface area contributed by atoms with Crippen molar-refractivity contribution in [2.75, 3.05) is 32.7 Å². The topological polar surface area (TPSA) is 85.4 Å². The smallest absolute Gasteiger partial charge is 0.245 e. The van der Waals surface area contributed by atoms with Gasteiger partial charge < -0.3 is 9.80 Å². The Hall–Kier alpha value is -1.96. The average molecular weight is 320 g/mol. The van der Waals surface area contributed by atoms with Gasteiger partial charge in [-0.15, -0.1) is 0 Å². The molecular formula is C15H24N6O2. The van der Waals surface area contributed by atoms with E-state index in [-0.39, 0.29) is 17.9 Å². The van der Waals surface area contributed by atoms with Gasteiger partial charge in [-0.05, 0) is 19.3 Å². The Morgan fingerprint density at radius 1 is 1.22 bits per heavy atom. The van der Waals surface area contributed by atoms with E-state index in [0.717, 1.165) is 44.7 Å². The molecule has 0 aliphatic carbocycles. The Morgan fingerprint density at radius 2 is 2.00 bits per heavy atom. The minimum Gasteiger partial charge on any atom is -0.338 e. The minimum absolute atomic E-state index is 0.00649. The molecule has 1 N–H and O–H groups in total. The van der Waals surface area contributed by atoms with Gasteiger partial charge in [-0.1, -0.05) is 0 Å². The van der Waals surface area contributed by atoms with E-state index in [9.17, 15) is 9.59 Å². The van der Waals surface area contributed by atoms with Crippen LogP contribution in [0.4, 0.5) is 0 Å². The highest BCUT2D eigenvalue weighted by molar-refractivity contribution is 5.87. The maximum Gasteiger partial charge on any atom is 0.245 e. The van der Waals surface area contributed by atoms with Gasteiger partial charge in [-0.3, -0.25) is 19.6 Å². The fourth-order valence-electron chi connectivity index (χ4n) is 3.42. The normalized spacial score (nSPS) is 23.1. The molecule has 1 atom stereocenters. The molecule has 8 heteroatoms. The van der Waals surface area contributed by atoms with E-state index in [4.69, 9.17) is 0 Å². The second-order valence-electron chi connectivity index (χ2n) is 6.26. The van der Waals surface area contributed by atoms with Crippen LogP contribution in [-0.2, 0) is 16.1 Å². The number of H-pyrrole nitrogens is 1. The predicted molar refractivity (Wildman–Crippen MR) is 83.3 cm³/mol. The largest absolute Gasteiger partial charge is 0.338 e. The van der Waals surface area contributed by atoms with Gasteiger partial charge in [-0.2, -0.15) is 5.10 Å². The van der Waals surface area contributed by atoms with Gasteiger partial charge in [0, 0.05) is 39.6 Å². The maximum atomic E-state index is 12.8. The fourth-order valence-corrected chi connectivity index (χ4v) is 3.42. The van der Waals surface area contributed by atoms with Gasteiger partial charge in [0.1, 0.15) is 18.2 Å². The molecule has 8 nitrogen and oxygen atoms in total. The van der Waals surface area contributed by atoms with Gasteiger partial charge in [-0.25, -0.2) is 4.98 Å². The van der Waals surface area contributed by atoms with Crippen molar-refractivity contribution in [2.45, 2.75) is 38.8 Å². The molecule has 2 saturated heterocycles. The van der Waals surface area contributed by atoms with Crippen LogP contribution in [-0.4, -0.2) is 80.5 Å². The number of amides is 2. The van der Waals surface area contributed by atoms with Gasteiger partial charge in [0.15, 0.2) is 0 Å². The van der Waals surface area contributed by atoms with E-state index in [1.807, 2.05) is 4.90 Å². The number of aromatic nitrogens is 3. The number of aromatic amines is 1. The number of nitrogens with zero attached hydrogens (tertiary/aromatic N) is 5. The molecule has 1 aromatic heterocycles. The van der Waals surface area contributed by atoms with Gasteiger partial charge in [0.2, 0.25) is 11.8 Å². The van der Waals surface area contributed by atoms with Crippen LogP contribution in [0.15, 0.2) is 6.33 Å². The first kappa shape index (κ1) is 15.9. The number of likely N-dealkylation sites (tertiary alicyclic amines) is 1. The molecule has 0 radical (unpaired) electrons. The van der Waals surface area contributed by atoms with Crippen molar-refractivity contribution in [3.05, 3.63) is 12.2 Å². The summed E-state index contributed by atoms with van der Waals surface area (Å²) in [6, 6.07) is -0.262. The highest BCUT2D eigenvalue weighted by atomic mass is 16.2. The summed E-state index contributed by atoms with van der Waals surface area (Å²) >= 11 is 0. The summed E-state index contributed by atoms with van der Waals surface area (Å²) in [5.41, 5.74) is 0. The molecule has 1 unspecified atom stereocenters. The molecule has 2 fully saturated rings. The minimum atomic E-state index is -0.262. The Morgan fingerprint density at radius 3 is 2.65 bits per heavy atom. The van der Waals surface area contributed by atoms with Crippen molar-refractivity contribution < 1.29 is 9.59 Å². The number of piperidine rings is 1. The van der Waals surface area contributed by atoms with E-state index < -0.39 is 0 Å². The zero-order valence-electron chi connectivity index (χ0n) is 13.6. The van der Waals surface area contributed by atoms with E-state index >= 15 is 0 Å². The highest BCUT2D eigenvalue weighted by Crippen LogP contribution is 2.20.